The van der Waals surface area contributed by atoms with Crippen LogP contribution in [0.25, 0.3) is 0 Å². The Morgan fingerprint density at radius 1 is 1.16 bits per heavy atom. The van der Waals surface area contributed by atoms with E-state index >= 15 is 0 Å². The summed E-state index contributed by atoms with van der Waals surface area (Å²) < 4.78 is 13.6. The van der Waals surface area contributed by atoms with Crippen LogP contribution in [0.5, 0.6) is 0 Å². The van der Waals surface area contributed by atoms with E-state index < -0.39 is 0 Å². The average molecular weight is 278 g/mol. The monoisotopic (exact) mass is 277 g/mol. The number of rotatable bonds is 3. The van der Waals surface area contributed by atoms with Crippen LogP contribution in [0, 0.1) is 19.7 Å². The van der Waals surface area contributed by atoms with E-state index in [2.05, 4.69) is 0 Å². The van der Waals surface area contributed by atoms with E-state index in [9.17, 15) is 4.39 Å². The van der Waals surface area contributed by atoms with Gasteiger partial charge >= 0.3 is 0 Å². The van der Waals surface area contributed by atoms with Gasteiger partial charge in [-0.05, 0) is 48.6 Å². The van der Waals surface area contributed by atoms with Crippen molar-refractivity contribution in [3.05, 3.63) is 69.5 Å². The van der Waals surface area contributed by atoms with Crippen LogP contribution in [0.4, 0.5) is 4.39 Å². The summed E-state index contributed by atoms with van der Waals surface area (Å²) in [6.07, 6.45) is 0.643. The Hall–Kier alpha value is -1.38. The summed E-state index contributed by atoms with van der Waals surface area (Å²) >= 11 is 6.13. The fourth-order valence-electron chi connectivity index (χ4n) is 2.21. The molecule has 100 valence electrons. The molecule has 2 N–H and O–H groups in total. The summed E-state index contributed by atoms with van der Waals surface area (Å²) in [7, 11) is 0. The van der Waals surface area contributed by atoms with Crippen molar-refractivity contribution in [3.8, 4) is 0 Å². The van der Waals surface area contributed by atoms with Gasteiger partial charge in [0.05, 0.1) is 0 Å². The van der Waals surface area contributed by atoms with Crippen LogP contribution in [0.1, 0.15) is 28.3 Å². The molecule has 0 bridgehead atoms. The highest BCUT2D eigenvalue weighted by molar-refractivity contribution is 6.31. The van der Waals surface area contributed by atoms with Gasteiger partial charge in [0, 0.05) is 11.1 Å². The van der Waals surface area contributed by atoms with Gasteiger partial charge in [0.1, 0.15) is 5.82 Å². The zero-order valence-electron chi connectivity index (χ0n) is 11.1. The van der Waals surface area contributed by atoms with Crippen molar-refractivity contribution in [1.29, 1.82) is 0 Å². The molecule has 0 aliphatic heterocycles. The summed E-state index contributed by atoms with van der Waals surface area (Å²) in [6.45, 7) is 3.52. The van der Waals surface area contributed by atoms with Crippen LogP contribution in [0.3, 0.4) is 0 Å². The second kappa shape index (κ2) is 5.72. The normalized spacial score (nSPS) is 12.5. The standard InChI is InChI=1S/C16H17ClFN/c1-10-7-13(8-11(2)16(10)18)15(19)9-12-5-3-4-6-14(12)17/h3-8,15H,9,19H2,1-2H3. The van der Waals surface area contributed by atoms with Gasteiger partial charge in [0.25, 0.3) is 0 Å². The van der Waals surface area contributed by atoms with Crippen LogP contribution in [-0.4, -0.2) is 0 Å². The molecular formula is C16H17ClFN. The third-order valence-corrected chi connectivity index (χ3v) is 3.65. The molecule has 0 heterocycles. The Kier molecular flexibility index (Phi) is 4.23. The lowest BCUT2D eigenvalue weighted by atomic mass is 9.96. The minimum atomic E-state index is -0.183. The number of nitrogens with two attached hydrogens (primary N) is 1. The second-order valence-corrected chi connectivity index (χ2v) is 5.28. The number of hydrogen-bond acceptors (Lipinski definition) is 1. The lowest BCUT2D eigenvalue weighted by molar-refractivity contribution is 0.605. The van der Waals surface area contributed by atoms with Crippen molar-refractivity contribution in [2.45, 2.75) is 26.3 Å². The van der Waals surface area contributed by atoms with Crippen molar-refractivity contribution in [2.24, 2.45) is 5.73 Å². The first-order chi connectivity index (χ1) is 8.99. The van der Waals surface area contributed by atoms with Gasteiger partial charge in [0.2, 0.25) is 0 Å². The maximum atomic E-state index is 13.6. The molecule has 0 saturated heterocycles. The summed E-state index contributed by atoms with van der Waals surface area (Å²) in [4.78, 5) is 0. The molecule has 0 fully saturated rings. The van der Waals surface area contributed by atoms with Crippen LogP contribution < -0.4 is 5.73 Å². The Morgan fingerprint density at radius 3 is 2.32 bits per heavy atom. The summed E-state index contributed by atoms with van der Waals surface area (Å²) in [5, 5.41) is 0.716. The van der Waals surface area contributed by atoms with Gasteiger partial charge in [-0.3, -0.25) is 0 Å². The quantitative estimate of drug-likeness (QED) is 0.887. The third-order valence-electron chi connectivity index (χ3n) is 3.28. The van der Waals surface area contributed by atoms with E-state index in [1.54, 1.807) is 13.8 Å². The molecule has 2 rings (SSSR count). The van der Waals surface area contributed by atoms with Crippen molar-refractivity contribution < 1.29 is 4.39 Å². The lowest BCUT2D eigenvalue weighted by Crippen LogP contribution is -2.14. The van der Waals surface area contributed by atoms with Crippen LogP contribution in [0.2, 0.25) is 5.02 Å². The second-order valence-electron chi connectivity index (χ2n) is 4.87. The van der Waals surface area contributed by atoms with Gasteiger partial charge in [-0.2, -0.15) is 0 Å². The Labute approximate surface area is 118 Å². The Bertz CT molecular complexity index is 572. The molecule has 0 aliphatic carbocycles. The van der Waals surface area contributed by atoms with E-state index in [0.717, 1.165) is 11.1 Å². The minimum Gasteiger partial charge on any atom is -0.324 e. The zero-order valence-corrected chi connectivity index (χ0v) is 11.8. The molecule has 0 spiro atoms. The summed E-state index contributed by atoms with van der Waals surface area (Å²) in [5.41, 5.74) is 9.41. The van der Waals surface area contributed by atoms with Gasteiger partial charge in [0.15, 0.2) is 0 Å². The highest BCUT2D eigenvalue weighted by Gasteiger charge is 2.12. The fourth-order valence-corrected chi connectivity index (χ4v) is 2.43. The van der Waals surface area contributed by atoms with Crippen molar-refractivity contribution in [3.63, 3.8) is 0 Å². The average Bonchev–Trinajstić information content (AvgIpc) is 2.38. The van der Waals surface area contributed by atoms with E-state index in [1.807, 2.05) is 36.4 Å². The van der Waals surface area contributed by atoms with Gasteiger partial charge < -0.3 is 5.73 Å². The van der Waals surface area contributed by atoms with Gasteiger partial charge in [-0.15, -0.1) is 0 Å². The van der Waals surface area contributed by atoms with E-state index in [1.165, 1.54) is 0 Å². The molecule has 1 nitrogen and oxygen atoms in total. The molecule has 3 heteroatoms. The summed E-state index contributed by atoms with van der Waals surface area (Å²) in [6, 6.07) is 11.1. The largest absolute Gasteiger partial charge is 0.324 e. The predicted molar refractivity (Wildman–Crippen MR) is 78.0 cm³/mol. The molecule has 0 saturated carbocycles. The minimum absolute atomic E-state index is 0.159. The highest BCUT2D eigenvalue weighted by atomic mass is 35.5. The molecule has 1 unspecified atom stereocenters. The first-order valence-corrected chi connectivity index (χ1v) is 6.62. The molecule has 19 heavy (non-hydrogen) atoms. The smallest absolute Gasteiger partial charge is 0.129 e. The predicted octanol–water partition coefficient (Wildman–Crippen LogP) is 4.34. The maximum absolute atomic E-state index is 13.6. The van der Waals surface area contributed by atoms with Gasteiger partial charge in [-0.25, -0.2) is 4.39 Å². The van der Waals surface area contributed by atoms with Crippen LogP contribution >= 0.6 is 11.6 Å². The topological polar surface area (TPSA) is 26.0 Å². The zero-order chi connectivity index (χ0) is 14.0. The molecule has 1 atom stereocenters. The first-order valence-electron chi connectivity index (χ1n) is 6.24. The number of halogens is 2. The lowest BCUT2D eigenvalue weighted by Gasteiger charge is -2.15. The van der Waals surface area contributed by atoms with Crippen molar-refractivity contribution >= 4 is 11.6 Å². The van der Waals surface area contributed by atoms with E-state index in [-0.39, 0.29) is 11.9 Å². The first kappa shape index (κ1) is 14.0. The van der Waals surface area contributed by atoms with E-state index in [4.69, 9.17) is 17.3 Å². The Balaban J connectivity index is 2.26. The molecule has 0 aliphatic rings. The van der Waals surface area contributed by atoms with Crippen molar-refractivity contribution in [2.75, 3.05) is 0 Å². The number of aryl methyl sites for hydroxylation is 2. The molecule has 0 radical (unpaired) electrons. The summed E-state index contributed by atoms with van der Waals surface area (Å²) in [5.74, 6) is -0.159. The Morgan fingerprint density at radius 2 is 1.74 bits per heavy atom. The SMILES string of the molecule is Cc1cc(C(N)Cc2ccccc2Cl)cc(C)c1F. The van der Waals surface area contributed by atoms with Gasteiger partial charge in [-0.1, -0.05) is 41.9 Å². The molecule has 2 aromatic carbocycles. The molecule has 2 aromatic rings. The van der Waals surface area contributed by atoms with Crippen LogP contribution in [-0.2, 0) is 6.42 Å². The third kappa shape index (κ3) is 3.14. The highest BCUT2D eigenvalue weighted by Crippen LogP contribution is 2.24. The fraction of sp³-hybridized carbons (Fsp3) is 0.250. The van der Waals surface area contributed by atoms with Crippen LogP contribution in [0.15, 0.2) is 36.4 Å². The van der Waals surface area contributed by atoms with Crippen molar-refractivity contribution in [1.82, 2.24) is 0 Å². The molecular weight excluding hydrogens is 261 g/mol. The number of benzene rings is 2. The van der Waals surface area contributed by atoms with E-state index in [0.29, 0.717) is 22.6 Å². The maximum Gasteiger partial charge on any atom is 0.129 e. The molecule has 0 amide bonds. The molecule has 0 aromatic heterocycles. The number of hydrogen-bond donors (Lipinski definition) is 1.